The van der Waals surface area contributed by atoms with Gasteiger partial charge in [0.1, 0.15) is 24.4 Å². The number of benzene rings is 3. The van der Waals surface area contributed by atoms with E-state index in [0.717, 1.165) is 21.9 Å². The van der Waals surface area contributed by atoms with Crippen molar-refractivity contribution in [1.82, 2.24) is 19.8 Å². The number of piperazine rings is 1. The van der Waals surface area contributed by atoms with E-state index in [0.29, 0.717) is 49.3 Å². The van der Waals surface area contributed by atoms with Gasteiger partial charge in [-0.25, -0.2) is 8.78 Å². The van der Waals surface area contributed by atoms with E-state index in [-0.39, 0.29) is 42.1 Å². The number of carbonyl (C=O) groups is 1. The van der Waals surface area contributed by atoms with Crippen molar-refractivity contribution in [2.24, 2.45) is 0 Å². The van der Waals surface area contributed by atoms with Gasteiger partial charge in [-0.3, -0.25) is 9.69 Å². The minimum absolute atomic E-state index is 0.0490. The molecular weight excluding hydrogens is 586 g/mol. The van der Waals surface area contributed by atoms with Gasteiger partial charge in [-0.2, -0.15) is 15.2 Å². The van der Waals surface area contributed by atoms with Gasteiger partial charge >= 0.3 is 6.01 Å². The van der Waals surface area contributed by atoms with Crippen molar-refractivity contribution in [3.63, 3.8) is 0 Å². The molecule has 11 heteroatoms. The Morgan fingerprint density at radius 1 is 1.18 bits per heavy atom. The maximum atomic E-state index is 14.5. The summed E-state index contributed by atoms with van der Waals surface area (Å²) in [7, 11) is 1.87. The molecule has 0 spiro atoms. The van der Waals surface area contributed by atoms with Gasteiger partial charge in [0.25, 0.3) is 0 Å². The molecule has 0 bridgehead atoms. The number of halogens is 3. The third-order valence-corrected chi connectivity index (χ3v) is 8.88. The average molecular weight is 617 g/mol. The van der Waals surface area contributed by atoms with Crippen LogP contribution < -0.4 is 9.64 Å². The predicted octanol–water partition coefficient (Wildman–Crippen LogP) is 5.78. The van der Waals surface area contributed by atoms with Gasteiger partial charge in [0.2, 0.25) is 5.91 Å². The second kappa shape index (κ2) is 12.3. The highest BCUT2D eigenvalue weighted by Gasteiger charge is 2.32. The molecule has 2 fully saturated rings. The van der Waals surface area contributed by atoms with E-state index < -0.39 is 12.0 Å². The number of aromatic nitrogens is 2. The van der Waals surface area contributed by atoms with Crippen LogP contribution >= 0.6 is 11.6 Å². The number of nitrogens with zero attached hydrogens (tertiary/aromatic N) is 6. The van der Waals surface area contributed by atoms with Gasteiger partial charge < -0.3 is 14.5 Å². The number of alkyl halides is 1. The van der Waals surface area contributed by atoms with Crippen LogP contribution in [-0.2, 0) is 4.79 Å². The molecule has 0 saturated carbocycles. The first-order valence-corrected chi connectivity index (χ1v) is 14.9. The highest BCUT2D eigenvalue weighted by Crippen LogP contribution is 2.38. The van der Waals surface area contributed by atoms with Crippen LogP contribution in [0.15, 0.2) is 61.2 Å². The third-order valence-electron chi connectivity index (χ3n) is 8.51. The molecule has 2 aliphatic heterocycles. The summed E-state index contributed by atoms with van der Waals surface area (Å²) in [5.74, 6) is -0.111. The molecule has 0 aliphatic carbocycles. The van der Waals surface area contributed by atoms with Crippen LogP contribution in [0.1, 0.15) is 12.8 Å². The number of hydrogen-bond acceptors (Lipinski definition) is 7. The second-order valence-electron chi connectivity index (χ2n) is 11.3. The summed E-state index contributed by atoms with van der Waals surface area (Å²) >= 11 is 6.45. The maximum Gasteiger partial charge on any atom is 0.319 e. The highest BCUT2D eigenvalue weighted by molar-refractivity contribution is 6.36. The first-order chi connectivity index (χ1) is 21.3. The topological polar surface area (TPSA) is 85.6 Å². The summed E-state index contributed by atoms with van der Waals surface area (Å²) in [5.41, 5.74) is 2.13. The Labute approximate surface area is 259 Å². The summed E-state index contributed by atoms with van der Waals surface area (Å²) in [6.45, 7) is 5.42. The molecule has 1 aromatic heterocycles. The molecule has 8 nitrogen and oxygen atoms in total. The third kappa shape index (κ3) is 5.65. The van der Waals surface area contributed by atoms with E-state index >= 15 is 0 Å². The fourth-order valence-corrected chi connectivity index (χ4v) is 6.50. The molecule has 6 rings (SSSR count). The molecule has 3 aromatic carbocycles. The smallest absolute Gasteiger partial charge is 0.319 e. The van der Waals surface area contributed by atoms with Crippen molar-refractivity contribution in [2.75, 3.05) is 44.7 Å². The van der Waals surface area contributed by atoms with Gasteiger partial charge in [0.05, 0.1) is 29.1 Å². The Morgan fingerprint density at radius 3 is 2.77 bits per heavy atom. The van der Waals surface area contributed by atoms with E-state index in [4.69, 9.17) is 26.3 Å². The number of nitriles is 1. The van der Waals surface area contributed by atoms with Gasteiger partial charge in [0, 0.05) is 43.0 Å². The number of ether oxygens (including phenoxy) is 1. The number of likely N-dealkylation sites (N-methyl/N-ethyl adjacent to an activating group) is 1. The molecule has 2 aliphatic rings. The van der Waals surface area contributed by atoms with E-state index in [9.17, 15) is 18.8 Å². The molecular formula is C33H31ClF2N6O2. The van der Waals surface area contributed by atoms with Crippen LogP contribution in [0.3, 0.4) is 0 Å². The molecule has 0 radical (unpaired) electrons. The standard InChI is InChI=1S/C33H31ClF2N6O2/c1-3-29(43)42-14-13-41(18-23(42)11-12-37)32-26-9-7-21(25-6-4-5-20-8-10-27(36)31(34)30(20)25)15-28(26)38-33(39-32)44-19-24-16-22(35)17-40(24)2/h3-10,15,22-24H,1,11,13-14,16-19H2,2H3/t22-,23+,24+/m1/s1. The Hall–Kier alpha value is -4.33. The van der Waals surface area contributed by atoms with Crippen LogP contribution in [0.5, 0.6) is 6.01 Å². The zero-order chi connectivity index (χ0) is 31.0. The molecule has 3 atom stereocenters. The van der Waals surface area contributed by atoms with Gasteiger partial charge in [-0.1, -0.05) is 48.5 Å². The zero-order valence-corrected chi connectivity index (χ0v) is 25.0. The van der Waals surface area contributed by atoms with Gasteiger partial charge in [-0.05, 0) is 54.3 Å². The van der Waals surface area contributed by atoms with Crippen molar-refractivity contribution < 1.29 is 18.3 Å². The van der Waals surface area contributed by atoms with Crippen LogP contribution in [-0.4, -0.2) is 83.8 Å². The second-order valence-corrected chi connectivity index (χ2v) is 11.6. The summed E-state index contributed by atoms with van der Waals surface area (Å²) in [6.07, 6.45) is 0.882. The van der Waals surface area contributed by atoms with Gasteiger partial charge in [-0.15, -0.1) is 0 Å². The lowest BCUT2D eigenvalue weighted by Crippen LogP contribution is -2.55. The molecule has 0 unspecified atom stereocenters. The molecule has 226 valence electrons. The SMILES string of the molecule is C=CC(=O)N1CCN(c2nc(OC[C@@H]3C[C@@H](F)CN3C)nc3cc(-c4cccc5ccc(F)c(Cl)c45)ccc23)C[C@@H]1CC#N. The molecule has 1 amide bonds. The number of hydrogen-bond donors (Lipinski definition) is 0. The molecule has 44 heavy (non-hydrogen) atoms. The number of anilines is 1. The number of likely N-dealkylation sites (tertiary alicyclic amines) is 1. The Kier molecular flexibility index (Phi) is 8.34. The predicted molar refractivity (Wildman–Crippen MR) is 167 cm³/mol. The van der Waals surface area contributed by atoms with Crippen LogP contribution in [0.4, 0.5) is 14.6 Å². The lowest BCUT2D eigenvalue weighted by atomic mass is 9.97. The van der Waals surface area contributed by atoms with Crippen molar-refractivity contribution >= 4 is 45.0 Å². The monoisotopic (exact) mass is 616 g/mol. The van der Waals surface area contributed by atoms with E-state index in [1.807, 2.05) is 53.2 Å². The lowest BCUT2D eigenvalue weighted by molar-refractivity contribution is -0.128. The van der Waals surface area contributed by atoms with Crippen molar-refractivity contribution in [1.29, 1.82) is 5.26 Å². The summed E-state index contributed by atoms with van der Waals surface area (Å²) in [4.78, 5) is 27.7. The van der Waals surface area contributed by atoms with Crippen molar-refractivity contribution in [3.05, 3.63) is 72.0 Å². The molecule has 2 saturated heterocycles. The zero-order valence-electron chi connectivity index (χ0n) is 24.2. The largest absolute Gasteiger partial charge is 0.462 e. The number of fused-ring (bicyclic) bond motifs is 2. The van der Waals surface area contributed by atoms with E-state index in [1.54, 1.807) is 11.0 Å². The summed E-state index contributed by atoms with van der Waals surface area (Å²) < 4.78 is 34.6. The van der Waals surface area contributed by atoms with Crippen molar-refractivity contribution in [2.45, 2.75) is 31.1 Å². The summed E-state index contributed by atoms with van der Waals surface area (Å²) in [5, 5.41) is 11.7. The number of rotatable bonds is 7. The molecule has 4 aromatic rings. The fourth-order valence-electron chi connectivity index (χ4n) is 6.23. The minimum Gasteiger partial charge on any atom is -0.462 e. The first kappa shape index (κ1) is 29.7. The van der Waals surface area contributed by atoms with Crippen molar-refractivity contribution in [3.8, 4) is 23.2 Å². The highest BCUT2D eigenvalue weighted by atomic mass is 35.5. The molecule has 3 heterocycles. The van der Waals surface area contributed by atoms with Crippen LogP contribution in [0, 0.1) is 17.1 Å². The van der Waals surface area contributed by atoms with Crippen LogP contribution in [0.25, 0.3) is 32.8 Å². The maximum absolute atomic E-state index is 14.5. The number of amides is 1. The minimum atomic E-state index is -0.909. The quantitative estimate of drug-likeness (QED) is 0.243. The Morgan fingerprint density at radius 2 is 2.02 bits per heavy atom. The van der Waals surface area contributed by atoms with Gasteiger partial charge in [0.15, 0.2) is 0 Å². The lowest BCUT2D eigenvalue weighted by Gasteiger charge is -2.41. The Balaban J connectivity index is 1.43. The first-order valence-electron chi connectivity index (χ1n) is 14.5. The van der Waals surface area contributed by atoms with E-state index in [2.05, 4.69) is 12.6 Å². The Bertz CT molecular complexity index is 1800. The molecule has 0 N–H and O–H groups in total. The van der Waals surface area contributed by atoms with E-state index in [1.165, 1.54) is 12.1 Å². The fraction of sp³-hybridized carbons (Fsp3) is 0.333. The normalized spacial score (nSPS) is 20.7. The number of carbonyl (C=O) groups excluding carboxylic acids is 1. The average Bonchev–Trinajstić information content (AvgIpc) is 3.36. The van der Waals surface area contributed by atoms with Crippen LogP contribution in [0.2, 0.25) is 5.02 Å². The summed E-state index contributed by atoms with van der Waals surface area (Å²) in [6, 6.07) is 16.3.